The van der Waals surface area contributed by atoms with Gasteiger partial charge in [-0.05, 0) is 43.5 Å². The maximum absolute atomic E-state index is 12.9. The summed E-state index contributed by atoms with van der Waals surface area (Å²) in [5, 5.41) is 6.25. The topological polar surface area (TPSA) is 56.2 Å². The Morgan fingerprint density at radius 3 is 2.68 bits per heavy atom. The van der Waals surface area contributed by atoms with E-state index in [0.717, 1.165) is 18.9 Å². The Labute approximate surface area is 157 Å². The highest BCUT2D eigenvalue weighted by Crippen LogP contribution is 2.42. The Balaban J connectivity index is 1.53. The molecule has 0 radical (unpaired) electrons. The van der Waals surface area contributed by atoms with Crippen LogP contribution in [0.1, 0.15) is 46.9 Å². The van der Waals surface area contributed by atoms with Crippen molar-refractivity contribution in [3.63, 3.8) is 0 Å². The SMILES string of the molecule is O=C(NCCCn1nc(C(F)(F)F)cc1C1CC1)c1cccc(OC(F)F)c1. The molecule has 1 aromatic heterocycles. The number of halogens is 5. The molecule has 3 rings (SSSR count). The molecule has 10 heteroatoms. The molecular formula is C18H18F5N3O2. The molecule has 0 unspecified atom stereocenters. The minimum Gasteiger partial charge on any atom is -0.435 e. The fourth-order valence-corrected chi connectivity index (χ4v) is 2.80. The lowest BCUT2D eigenvalue weighted by Gasteiger charge is -2.09. The van der Waals surface area contributed by atoms with Crippen molar-refractivity contribution in [2.75, 3.05) is 6.54 Å². The van der Waals surface area contributed by atoms with E-state index in [-0.39, 0.29) is 30.3 Å². The van der Waals surface area contributed by atoms with Crippen LogP contribution in [0.5, 0.6) is 5.75 Å². The zero-order valence-corrected chi connectivity index (χ0v) is 14.7. The van der Waals surface area contributed by atoms with Gasteiger partial charge in [0.25, 0.3) is 5.91 Å². The maximum Gasteiger partial charge on any atom is 0.435 e. The normalized spacial score (nSPS) is 14.4. The molecule has 2 aromatic rings. The number of amides is 1. The van der Waals surface area contributed by atoms with Gasteiger partial charge >= 0.3 is 12.8 Å². The molecule has 0 aliphatic heterocycles. The molecule has 0 atom stereocenters. The molecule has 28 heavy (non-hydrogen) atoms. The molecule has 152 valence electrons. The van der Waals surface area contributed by atoms with Crippen LogP contribution in [0, 0.1) is 0 Å². The molecule has 1 heterocycles. The van der Waals surface area contributed by atoms with Crippen LogP contribution in [0.4, 0.5) is 22.0 Å². The Morgan fingerprint density at radius 1 is 1.29 bits per heavy atom. The standard InChI is InChI=1S/C18H18F5N3O2/c19-17(20)28-13-4-1-3-12(9-13)16(27)24-7-2-8-26-14(11-5-6-11)10-15(25-26)18(21,22)23/h1,3-4,9-11,17H,2,5-8H2,(H,24,27). The molecule has 1 fully saturated rings. The molecule has 0 spiro atoms. The largest absolute Gasteiger partial charge is 0.435 e. The summed E-state index contributed by atoms with van der Waals surface area (Å²) in [6.45, 7) is -2.56. The Kier molecular flexibility index (Phi) is 5.85. The number of carbonyl (C=O) groups excluding carboxylic acids is 1. The number of hydrogen-bond acceptors (Lipinski definition) is 3. The van der Waals surface area contributed by atoms with E-state index in [4.69, 9.17) is 0 Å². The molecule has 5 nitrogen and oxygen atoms in total. The zero-order valence-electron chi connectivity index (χ0n) is 14.7. The maximum atomic E-state index is 12.9. The molecule has 0 saturated heterocycles. The fourth-order valence-electron chi connectivity index (χ4n) is 2.80. The van der Waals surface area contributed by atoms with Crippen LogP contribution in [0.15, 0.2) is 30.3 Å². The summed E-state index contributed by atoms with van der Waals surface area (Å²) in [4.78, 5) is 12.1. The van der Waals surface area contributed by atoms with Gasteiger partial charge in [-0.2, -0.15) is 27.1 Å². The van der Waals surface area contributed by atoms with E-state index in [9.17, 15) is 26.7 Å². The van der Waals surface area contributed by atoms with Crippen LogP contribution in [0.2, 0.25) is 0 Å². The van der Waals surface area contributed by atoms with Gasteiger partial charge in [-0.3, -0.25) is 9.48 Å². The van der Waals surface area contributed by atoms with Crippen LogP contribution >= 0.6 is 0 Å². The summed E-state index contributed by atoms with van der Waals surface area (Å²) in [7, 11) is 0. The van der Waals surface area contributed by atoms with Crippen LogP contribution in [-0.2, 0) is 12.7 Å². The number of aryl methyl sites for hydroxylation is 1. The second-order valence-corrected chi connectivity index (χ2v) is 6.47. The summed E-state index contributed by atoms with van der Waals surface area (Å²) in [5.74, 6) is -0.512. The smallest absolute Gasteiger partial charge is 0.435 e. The number of benzene rings is 1. The molecule has 1 aliphatic rings. The van der Waals surface area contributed by atoms with E-state index < -0.39 is 24.4 Å². The van der Waals surface area contributed by atoms with E-state index in [1.54, 1.807) is 0 Å². The number of nitrogens with one attached hydrogen (secondary N) is 1. The van der Waals surface area contributed by atoms with Gasteiger partial charge in [0.2, 0.25) is 0 Å². The van der Waals surface area contributed by atoms with Crippen LogP contribution in [0.25, 0.3) is 0 Å². The molecule has 0 bridgehead atoms. The van der Waals surface area contributed by atoms with Crippen LogP contribution < -0.4 is 10.1 Å². The second-order valence-electron chi connectivity index (χ2n) is 6.47. The van der Waals surface area contributed by atoms with Crippen molar-refractivity contribution in [1.29, 1.82) is 0 Å². The van der Waals surface area contributed by atoms with Crippen molar-refractivity contribution in [2.24, 2.45) is 0 Å². The quantitative estimate of drug-likeness (QED) is 0.531. The molecule has 1 aliphatic carbocycles. The number of ether oxygens (including phenoxy) is 1. The first-order valence-electron chi connectivity index (χ1n) is 8.72. The Morgan fingerprint density at radius 2 is 2.04 bits per heavy atom. The summed E-state index contributed by atoms with van der Waals surface area (Å²) in [6, 6.07) is 6.44. The van der Waals surface area contributed by atoms with Crippen LogP contribution in [0.3, 0.4) is 0 Å². The molecule has 1 amide bonds. The van der Waals surface area contributed by atoms with Gasteiger partial charge in [-0.1, -0.05) is 6.07 Å². The van der Waals surface area contributed by atoms with Crippen LogP contribution in [-0.4, -0.2) is 28.8 Å². The van der Waals surface area contributed by atoms with Crippen molar-refractivity contribution in [1.82, 2.24) is 15.1 Å². The highest BCUT2D eigenvalue weighted by Gasteiger charge is 2.37. The number of rotatable bonds is 8. The van der Waals surface area contributed by atoms with Crippen molar-refractivity contribution < 1.29 is 31.5 Å². The minimum absolute atomic E-state index is 0.107. The molecule has 1 N–H and O–H groups in total. The Bertz CT molecular complexity index is 831. The van der Waals surface area contributed by atoms with Crippen molar-refractivity contribution in [3.05, 3.63) is 47.3 Å². The van der Waals surface area contributed by atoms with Gasteiger partial charge in [0.1, 0.15) is 5.75 Å². The summed E-state index contributed by atoms with van der Waals surface area (Å²) >= 11 is 0. The van der Waals surface area contributed by atoms with E-state index in [0.29, 0.717) is 12.1 Å². The monoisotopic (exact) mass is 403 g/mol. The van der Waals surface area contributed by atoms with Crippen molar-refractivity contribution >= 4 is 5.91 Å². The van der Waals surface area contributed by atoms with Gasteiger partial charge in [-0.25, -0.2) is 0 Å². The van der Waals surface area contributed by atoms with Crippen molar-refractivity contribution in [3.8, 4) is 5.75 Å². The number of hydrogen-bond donors (Lipinski definition) is 1. The van der Waals surface area contributed by atoms with E-state index in [1.807, 2.05) is 0 Å². The second kappa shape index (κ2) is 8.15. The molecule has 1 saturated carbocycles. The lowest BCUT2D eigenvalue weighted by molar-refractivity contribution is -0.141. The first-order chi connectivity index (χ1) is 13.2. The third-order valence-corrected chi connectivity index (χ3v) is 4.25. The first-order valence-corrected chi connectivity index (χ1v) is 8.72. The zero-order chi connectivity index (χ0) is 20.3. The first kappa shape index (κ1) is 20.1. The van der Waals surface area contributed by atoms with Gasteiger partial charge in [0.05, 0.1) is 0 Å². The summed E-state index contributed by atoms with van der Waals surface area (Å²) in [5.41, 5.74) is -0.194. The third kappa shape index (κ3) is 5.20. The summed E-state index contributed by atoms with van der Waals surface area (Å²) in [6.07, 6.45) is -2.43. The lowest BCUT2D eigenvalue weighted by Crippen LogP contribution is -2.25. The van der Waals surface area contributed by atoms with Gasteiger partial charge in [0.15, 0.2) is 5.69 Å². The lowest BCUT2D eigenvalue weighted by atomic mass is 10.2. The highest BCUT2D eigenvalue weighted by molar-refractivity contribution is 5.94. The van der Waals surface area contributed by atoms with Crippen molar-refractivity contribution in [2.45, 2.75) is 44.5 Å². The van der Waals surface area contributed by atoms with Gasteiger partial charge < -0.3 is 10.1 Å². The fraction of sp³-hybridized carbons (Fsp3) is 0.444. The highest BCUT2D eigenvalue weighted by atomic mass is 19.4. The van der Waals surface area contributed by atoms with E-state index in [1.165, 1.54) is 28.9 Å². The van der Waals surface area contributed by atoms with Gasteiger partial charge in [-0.15, -0.1) is 0 Å². The van der Waals surface area contributed by atoms with E-state index in [2.05, 4.69) is 15.2 Å². The average molecular weight is 403 g/mol. The number of alkyl halides is 5. The molecule has 1 aromatic carbocycles. The summed E-state index contributed by atoms with van der Waals surface area (Å²) < 4.78 is 68.7. The predicted octanol–water partition coefficient (Wildman–Crippen LogP) is 4.20. The number of aromatic nitrogens is 2. The van der Waals surface area contributed by atoms with E-state index >= 15 is 0 Å². The number of carbonyl (C=O) groups is 1. The Hall–Kier alpha value is -2.65. The van der Waals surface area contributed by atoms with Gasteiger partial charge in [0, 0.05) is 30.3 Å². The molecular weight excluding hydrogens is 385 g/mol. The predicted molar refractivity (Wildman–Crippen MR) is 89.2 cm³/mol. The average Bonchev–Trinajstić information content (AvgIpc) is 3.36. The number of nitrogens with zero attached hydrogens (tertiary/aromatic N) is 2. The third-order valence-electron chi connectivity index (χ3n) is 4.25. The minimum atomic E-state index is -4.49.